The van der Waals surface area contributed by atoms with Gasteiger partial charge >= 0.3 is 5.97 Å². The Morgan fingerprint density at radius 2 is 2.25 bits per heavy atom. The lowest BCUT2D eigenvalue weighted by Gasteiger charge is -2.12. The Bertz CT molecular complexity index is 329. The molecule has 0 saturated carbocycles. The smallest absolute Gasteiger partial charge is 0.309 e. The van der Waals surface area contributed by atoms with Gasteiger partial charge in [-0.05, 0) is 12.8 Å². The van der Waals surface area contributed by atoms with Gasteiger partial charge in [-0.3, -0.25) is 4.79 Å². The molecular weight excluding hydrogens is 232 g/mol. The van der Waals surface area contributed by atoms with Gasteiger partial charge in [-0.25, -0.2) is 8.42 Å². The Balaban J connectivity index is 2.47. The third-order valence-electron chi connectivity index (χ3n) is 2.57. The van der Waals surface area contributed by atoms with E-state index < -0.39 is 21.7 Å². The second kappa shape index (κ2) is 5.63. The number of hydrogen-bond acceptors (Lipinski definition) is 5. The van der Waals surface area contributed by atoms with Crippen molar-refractivity contribution in [2.45, 2.75) is 25.9 Å². The van der Waals surface area contributed by atoms with E-state index in [9.17, 15) is 13.2 Å². The molecule has 0 bridgehead atoms. The van der Waals surface area contributed by atoms with Crippen molar-refractivity contribution < 1.29 is 22.7 Å². The quantitative estimate of drug-likeness (QED) is 0.660. The summed E-state index contributed by atoms with van der Waals surface area (Å²) < 4.78 is 33.2. The third-order valence-corrected chi connectivity index (χ3v) is 4.46. The van der Waals surface area contributed by atoms with Gasteiger partial charge in [-0.1, -0.05) is 6.92 Å². The summed E-state index contributed by atoms with van der Waals surface area (Å²) in [6.07, 6.45) is 1.49. The van der Waals surface area contributed by atoms with Crippen LogP contribution >= 0.6 is 0 Å². The molecule has 1 aliphatic heterocycles. The molecule has 1 saturated heterocycles. The Kier molecular flexibility index (Phi) is 4.73. The molecule has 2 atom stereocenters. The van der Waals surface area contributed by atoms with E-state index >= 15 is 0 Å². The fourth-order valence-electron chi connectivity index (χ4n) is 1.78. The Hall–Kier alpha value is -0.620. The number of carbonyl (C=O) groups excluding carboxylic acids is 1. The van der Waals surface area contributed by atoms with Crippen LogP contribution in [-0.2, 0) is 24.1 Å². The van der Waals surface area contributed by atoms with Crippen LogP contribution in [0.3, 0.4) is 0 Å². The van der Waals surface area contributed by atoms with Crippen LogP contribution in [0.15, 0.2) is 0 Å². The van der Waals surface area contributed by atoms with Crippen LogP contribution in [0.5, 0.6) is 0 Å². The van der Waals surface area contributed by atoms with Gasteiger partial charge in [-0.15, -0.1) is 0 Å². The van der Waals surface area contributed by atoms with Gasteiger partial charge in [-0.2, -0.15) is 0 Å². The van der Waals surface area contributed by atoms with Gasteiger partial charge in [0, 0.05) is 6.61 Å². The van der Waals surface area contributed by atoms with Gasteiger partial charge in [0.25, 0.3) is 0 Å². The van der Waals surface area contributed by atoms with E-state index in [-0.39, 0.29) is 17.6 Å². The van der Waals surface area contributed by atoms with E-state index in [4.69, 9.17) is 4.74 Å². The molecule has 0 spiro atoms. The van der Waals surface area contributed by atoms with Crippen molar-refractivity contribution in [3.63, 3.8) is 0 Å². The monoisotopic (exact) mass is 250 g/mol. The van der Waals surface area contributed by atoms with Crippen LogP contribution in [-0.4, -0.2) is 45.7 Å². The predicted octanol–water partition coefficient (Wildman–Crippen LogP) is 0.389. The first-order valence-corrected chi connectivity index (χ1v) is 7.16. The molecule has 6 heteroatoms. The standard InChI is InChI=1S/C10H18O5S/c1-8(10(11)14-2)6-16(12,13)7-9-4-3-5-15-9/h8-9H,3-7H2,1-2H3. The molecule has 1 fully saturated rings. The van der Waals surface area contributed by atoms with Crippen molar-refractivity contribution in [2.24, 2.45) is 5.92 Å². The first kappa shape index (κ1) is 13.4. The summed E-state index contributed by atoms with van der Waals surface area (Å²) in [5, 5.41) is 0. The molecule has 2 unspecified atom stereocenters. The number of carbonyl (C=O) groups is 1. The molecule has 16 heavy (non-hydrogen) atoms. The normalized spacial score (nSPS) is 23.0. The molecule has 0 aliphatic carbocycles. The summed E-state index contributed by atoms with van der Waals surface area (Å²) in [4.78, 5) is 11.1. The Morgan fingerprint density at radius 3 is 2.75 bits per heavy atom. The molecule has 0 N–H and O–H groups in total. The second-order valence-corrected chi connectivity index (χ2v) is 6.29. The SMILES string of the molecule is COC(=O)C(C)CS(=O)(=O)CC1CCCO1. The van der Waals surface area contributed by atoms with Crippen LogP contribution in [0, 0.1) is 5.92 Å². The van der Waals surface area contributed by atoms with Crippen LogP contribution < -0.4 is 0 Å². The summed E-state index contributed by atoms with van der Waals surface area (Å²) in [5.74, 6) is -1.26. The van der Waals surface area contributed by atoms with E-state index in [2.05, 4.69) is 4.74 Å². The van der Waals surface area contributed by atoms with E-state index in [1.54, 1.807) is 6.92 Å². The van der Waals surface area contributed by atoms with E-state index in [1.165, 1.54) is 7.11 Å². The van der Waals surface area contributed by atoms with Crippen LogP contribution in [0.1, 0.15) is 19.8 Å². The molecule has 5 nitrogen and oxygen atoms in total. The van der Waals surface area contributed by atoms with Crippen molar-refractivity contribution in [2.75, 3.05) is 25.2 Å². The highest BCUT2D eigenvalue weighted by atomic mass is 32.2. The van der Waals surface area contributed by atoms with Crippen molar-refractivity contribution in [3.8, 4) is 0 Å². The zero-order chi connectivity index (χ0) is 12.2. The van der Waals surface area contributed by atoms with Crippen LogP contribution in [0.25, 0.3) is 0 Å². The van der Waals surface area contributed by atoms with Gasteiger partial charge in [0.15, 0.2) is 9.84 Å². The highest BCUT2D eigenvalue weighted by Crippen LogP contribution is 2.15. The molecule has 0 radical (unpaired) electrons. The minimum Gasteiger partial charge on any atom is -0.469 e. The van der Waals surface area contributed by atoms with Gasteiger partial charge in [0.05, 0.1) is 30.6 Å². The summed E-state index contributed by atoms with van der Waals surface area (Å²) in [6, 6.07) is 0. The number of sulfone groups is 1. The highest BCUT2D eigenvalue weighted by molar-refractivity contribution is 7.91. The molecule has 1 rings (SSSR count). The minimum absolute atomic E-state index is 0.00827. The minimum atomic E-state index is -3.25. The Labute approximate surface area is 96.0 Å². The molecular formula is C10H18O5S. The molecule has 0 aromatic heterocycles. The van der Waals surface area contributed by atoms with E-state index in [0.717, 1.165) is 12.8 Å². The van der Waals surface area contributed by atoms with Crippen molar-refractivity contribution in [3.05, 3.63) is 0 Å². The first-order valence-electron chi connectivity index (χ1n) is 5.34. The van der Waals surface area contributed by atoms with Gasteiger partial charge in [0.2, 0.25) is 0 Å². The molecule has 1 heterocycles. The summed E-state index contributed by atoms with van der Waals surface area (Å²) in [5.41, 5.74) is 0. The fourth-order valence-corrected chi connectivity index (χ4v) is 3.64. The van der Waals surface area contributed by atoms with Crippen LogP contribution in [0.2, 0.25) is 0 Å². The fraction of sp³-hybridized carbons (Fsp3) is 0.900. The Morgan fingerprint density at radius 1 is 1.56 bits per heavy atom. The van der Waals surface area contributed by atoms with E-state index in [0.29, 0.717) is 6.61 Å². The maximum Gasteiger partial charge on any atom is 0.309 e. The molecule has 1 aliphatic rings. The van der Waals surface area contributed by atoms with Crippen molar-refractivity contribution in [1.82, 2.24) is 0 Å². The largest absolute Gasteiger partial charge is 0.469 e. The number of rotatable bonds is 5. The topological polar surface area (TPSA) is 69.7 Å². The highest BCUT2D eigenvalue weighted by Gasteiger charge is 2.27. The predicted molar refractivity (Wildman–Crippen MR) is 58.8 cm³/mol. The summed E-state index contributed by atoms with van der Waals surface area (Å²) in [6.45, 7) is 2.19. The lowest BCUT2D eigenvalue weighted by atomic mass is 10.2. The lowest BCUT2D eigenvalue weighted by Crippen LogP contribution is -2.28. The molecule has 94 valence electrons. The van der Waals surface area contributed by atoms with Gasteiger partial charge in [0.1, 0.15) is 0 Å². The lowest BCUT2D eigenvalue weighted by molar-refractivity contribution is -0.144. The first-order chi connectivity index (χ1) is 7.44. The third kappa shape index (κ3) is 4.09. The molecule has 0 amide bonds. The van der Waals surface area contributed by atoms with Crippen molar-refractivity contribution >= 4 is 15.8 Å². The summed E-state index contributed by atoms with van der Waals surface area (Å²) in [7, 11) is -1.99. The maximum atomic E-state index is 11.7. The average molecular weight is 250 g/mol. The van der Waals surface area contributed by atoms with E-state index in [1.807, 2.05) is 0 Å². The number of hydrogen-bond donors (Lipinski definition) is 0. The number of methoxy groups -OCH3 is 1. The number of ether oxygens (including phenoxy) is 2. The molecule has 0 aromatic carbocycles. The molecule has 0 aromatic rings. The van der Waals surface area contributed by atoms with Gasteiger partial charge < -0.3 is 9.47 Å². The summed E-state index contributed by atoms with van der Waals surface area (Å²) >= 11 is 0. The van der Waals surface area contributed by atoms with Crippen LogP contribution in [0.4, 0.5) is 0 Å². The number of esters is 1. The van der Waals surface area contributed by atoms with Crippen molar-refractivity contribution in [1.29, 1.82) is 0 Å². The zero-order valence-corrected chi connectivity index (χ0v) is 10.5. The maximum absolute atomic E-state index is 11.7. The average Bonchev–Trinajstić information content (AvgIpc) is 2.67. The second-order valence-electron chi connectivity index (χ2n) is 4.14. The zero-order valence-electron chi connectivity index (χ0n) is 9.64.